The molecule has 0 amide bonds. The molecule has 1 aliphatic rings. The van der Waals surface area contributed by atoms with Crippen molar-refractivity contribution in [1.29, 1.82) is 0 Å². The van der Waals surface area contributed by atoms with Crippen molar-refractivity contribution >= 4 is 6.29 Å². The van der Waals surface area contributed by atoms with Gasteiger partial charge in [-0.3, -0.25) is 4.79 Å². The first-order valence-corrected chi connectivity index (χ1v) is 7.35. The number of nitrogens with zero attached hydrogens (tertiary/aromatic N) is 1. The highest BCUT2D eigenvalue weighted by Gasteiger charge is 2.15. The van der Waals surface area contributed by atoms with E-state index < -0.39 is 0 Å². The fourth-order valence-electron chi connectivity index (χ4n) is 2.58. The van der Waals surface area contributed by atoms with E-state index in [-0.39, 0.29) is 0 Å². The van der Waals surface area contributed by atoms with Crippen LogP contribution in [0.1, 0.15) is 29.6 Å². The summed E-state index contributed by atoms with van der Waals surface area (Å²) in [5.74, 6) is 1.61. The smallest absolute Gasteiger partial charge is 0.203 e. The molecule has 1 heterocycles. The molecule has 0 atom stereocenters. The van der Waals surface area contributed by atoms with Crippen LogP contribution in [0, 0.1) is 0 Å². The molecule has 0 bridgehead atoms. The van der Waals surface area contributed by atoms with E-state index in [4.69, 9.17) is 14.2 Å². The Morgan fingerprint density at radius 1 is 1.14 bits per heavy atom. The molecule has 5 heteroatoms. The minimum Gasteiger partial charge on any atom is -0.493 e. The lowest BCUT2D eigenvalue weighted by Gasteiger charge is -2.17. The fraction of sp³-hybridized carbons (Fsp3) is 0.562. The van der Waals surface area contributed by atoms with Crippen molar-refractivity contribution in [3.05, 3.63) is 17.7 Å². The number of rotatable bonds is 8. The Labute approximate surface area is 125 Å². The van der Waals surface area contributed by atoms with Gasteiger partial charge in [0.15, 0.2) is 11.5 Å². The molecule has 5 nitrogen and oxygen atoms in total. The Morgan fingerprint density at radius 2 is 1.76 bits per heavy atom. The van der Waals surface area contributed by atoms with Crippen molar-refractivity contribution in [2.75, 3.05) is 40.5 Å². The highest BCUT2D eigenvalue weighted by molar-refractivity contribution is 5.78. The summed E-state index contributed by atoms with van der Waals surface area (Å²) in [6.45, 7) is 4.04. The van der Waals surface area contributed by atoms with Gasteiger partial charge in [-0.2, -0.15) is 0 Å². The number of likely N-dealkylation sites (tertiary alicyclic amines) is 1. The highest BCUT2D eigenvalue weighted by Crippen LogP contribution is 2.38. The maximum absolute atomic E-state index is 10.9. The molecule has 116 valence electrons. The minimum atomic E-state index is 0.508. The quantitative estimate of drug-likeness (QED) is 0.544. The van der Waals surface area contributed by atoms with Gasteiger partial charge in [0.1, 0.15) is 6.29 Å². The molecule has 0 saturated carbocycles. The van der Waals surface area contributed by atoms with E-state index in [0.717, 1.165) is 19.3 Å². The van der Waals surface area contributed by atoms with Crippen molar-refractivity contribution in [3.63, 3.8) is 0 Å². The van der Waals surface area contributed by atoms with Crippen molar-refractivity contribution in [3.8, 4) is 17.2 Å². The monoisotopic (exact) mass is 293 g/mol. The third-order valence-corrected chi connectivity index (χ3v) is 3.68. The molecule has 0 aromatic heterocycles. The van der Waals surface area contributed by atoms with Gasteiger partial charge in [0, 0.05) is 12.1 Å². The third kappa shape index (κ3) is 4.11. The van der Waals surface area contributed by atoms with E-state index in [1.54, 1.807) is 26.4 Å². The number of aldehydes is 1. The van der Waals surface area contributed by atoms with Gasteiger partial charge in [-0.15, -0.1) is 0 Å². The molecule has 0 unspecified atom stereocenters. The van der Waals surface area contributed by atoms with Crippen molar-refractivity contribution in [2.24, 2.45) is 0 Å². The first kappa shape index (κ1) is 15.6. The maximum atomic E-state index is 10.9. The molecule has 1 aromatic carbocycles. The molecule has 1 aromatic rings. The molecule has 2 rings (SSSR count). The van der Waals surface area contributed by atoms with Crippen LogP contribution in [0.3, 0.4) is 0 Å². The highest BCUT2D eigenvalue weighted by atomic mass is 16.5. The van der Waals surface area contributed by atoms with Gasteiger partial charge in [0.25, 0.3) is 0 Å². The van der Waals surface area contributed by atoms with Gasteiger partial charge >= 0.3 is 0 Å². The largest absolute Gasteiger partial charge is 0.493 e. The van der Waals surface area contributed by atoms with Crippen LogP contribution < -0.4 is 14.2 Å². The average molecular weight is 293 g/mol. The van der Waals surface area contributed by atoms with E-state index in [9.17, 15) is 4.79 Å². The predicted octanol–water partition coefficient (Wildman–Crippen LogP) is 2.38. The molecule has 1 saturated heterocycles. The molecule has 1 aliphatic heterocycles. The molecule has 0 radical (unpaired) electrons. The molecule has 21 heavy (non-hydrogen) atoms. The summed E-state index contributed by atoms with van der Waals surface area (Å²) < 4.78 is 16.4. The van der Waals surface area contributed by atoms with E-state index in [1.807, 2.05) is 0 Å². The summed E-state index contributed by atoms with van der Waals surface area (Å²) in [4.78, 5) is 13.4. The van der Waals surface area contributed by atoms with Crippen molar-refractivity contribution in [1.82, 2.24) is 4.90 Å². The number of hydrogen-bond donors (Lipinski definition) is 0. The van der Waals surface area contributed by atoms with Gasteiger partial charge in [-0.25, -0.2) is 0 Å². The zero-order chi connectivity index (χ0) is 15.1. The predicted molar refractivity (Wildman–Crippen MR) is 80.7 cm³/mol. The van der Waals surface area contributed by atoms with E-state index in [0.29, 0.717) is 29.4 Å². The summed E-state index contributed by atoms with van der Waals surface area (Å²) >= 11 is 0. The number of benzene rings is 1. The SMILES string of the molecule is COc1cc(C=O)cc(OC)c1OCCCN1CCCC1. The summed E-state index contributed by atoms with van der Waals surface area (Å²) in [7, 11) is 3.11. The van der Waals surface area contributed by atoms with Crippen LogP contribution in [0.15, 0.2) is 12.1 Å². The normalized spacial score (nSPS) is 15.0. The molecular weight excluding hydrogens is 270 g/mol. The van der Waals surface area contributed by atoms with Crippen LogP contribution in [-0.4, -0.2) is 51.6 Å². The summed E-state index contributed by atoms with van der Waals surface area (Å²) in [6, 6.07) is 3.32. The van der Waals surface area contributed by atoms with Crippen molar-refractivity contribution in [2.45, 2.75) is 19.3 Å². The Bertz CT molecular complexity index is 444. The van der Waals surface area contributed by atoms with Crippen LogP contribution in [0.2, 0.25) is 0 Å². The molecule has 0 spiro atoms. The van der Waals surface area contributed by atoms with Gasteiger partial charge in [-0.05, 0) is 44.5 Å². The number of carbonyl (C=O) groups is 1. The van der Waals surface area contributed by atoms with Crippen LogP contribution in [-0.2, 0) is 0 Å². The topological polar surface area (TPSA) is 48.0 Å². The van der Waals surface area contributed by atoms with E-state index in [1.165, 1.54) is 25.9 Å². The molecule has 0 aliphatic carbocycles. The van der Waals surface area contributed by atoms with E-state index in [2.05, 4.69) is 4.90 Å². The maximum Gasteiger partial charge on any atom is 0.203 e. The lowest BCUT2D eigenvalue weighted by Crippen LogP contribution is -2.22. The lowest BCUT2D eigenvalue weighted by molar-refractivity contribution is 0.112. The fourth-order valence-corrected chi connectivity index (χ4v) is 2.58. The Hall–Kier alpha value is -1.75. The number of ether oxygens (including phenoxy) is 3. The van der Waals surface area contributed by atoms with Crippen LogP contribution in [0.4, 0.5) is 0 Å². The average Bonchev–Trinajstić information content (AvgIpc) is 3.04. The summed E-state index contributed by atoms with van der Waals surface area (Å²) in [5.41, 5.74) is 0.508. The van der Waals surface area contributed by atoms with Crippen LogP contribution >= 0.6 is 0 Å². The zero-order valence-corrected chi connectivity index (χ0v) is 12.8. The van der Waals surface area contributed by atoms with Crippen LogP contribution in [0.25, 0.3) is 0 Å². The zero-order valence-electron chi connectivity index (χ0n) is 12.8. The Kier molecular flexibility index (Phi) is 5.87. The Balaban J connectivity index is 1.95. The molecular formula is C16H23NO4. The van der Waals surface area contributed by atoms with Gasteiger partial charge in [0.05, 0.1) is 20.8 Å². The first-order chi connectivity index (χ1) is 10.3. The molecule has 1 fully saturated rings. The number of methoxy groups -OCH3 is 2. The second kappa shape index (κ2) is 7.88. The Morgan fingerprint density at radius 3 is 2.29 bits per heavy atom. The number of carbonyl (C=O) groups excluding carboxylic acids is 1. The van der Waals surface area contributed by atoms with E-state index >= 15 is 0 Å². The lowest BCUT2D eigenvalue weighted by atomic mass is 10.2. The standard InChI is InChI=1S/C16H23NO4/c1-19-14-10-13(12-18)11-15(20-2)16(14)21-9-5-8-17-6-3-4-7-17/h10-12H,3-9H2,1-2H3. The first-order valence-electron chi connectivity index (χ1n) is 7.35. The van der Waals surface area contributed by atoms with Crippen molar-refractivity contribution < 1.29 is 19.0 Å². The number of hydrogen-bond acceptors (Lipinski definition) is 5. The third-order valence-electron chi connectivity index (χ3n) is 3.68. The second-order valence-electron chi connectivity index (χ2n) is 5.12. The minimum absolute atomic E-state index is 0.508. The van der Waals surface area contributed by atoms with Crippen LogP contribution in [0.5, 0.6) is 17.2 Å². The van der Waals surface area contributed by atoms with Gasteiger partial charge in [0.2, 0.25) is 5.75 Å². The molecule has 0 N–H and O–H groups in total. The summed E-state index contributed by atoms with van der Waals surface area (Å²) in [5, 5.41) is 0. The second-order valence-corrected chi connectivity index (χ2v) is 5.12. The van der Waals surface area contributed by atoms with Gasteiger partial charge in [-0.1, -0.05) is 0 Å². The summed E-state index contributed by atoms with van der Waals surface area (Å²) in [6.07, 6.45) is 4.33. The van der Waals surface area contributed by atoms with Gasteiger partial charge < -0.3 is 19.1 Å².